The van der Waals surface area contributed by atoms with E-state index in [1.165, 1.54) is 6.92 Å². The molecule has 0 aromatic carbocycles. The monoisotopic (exact) mass is 184 g/mol. The van der Waals surface area contributed by atoms with E-state index >= 15 is 0 Å². The number of amides is 1. The lowest BCUT2D eigenvalue weighted by atomic mass is 9.97. The molecule has 1 rings (SSSR count). The average Bonchev–Trinajstić information content (AvgIpc) is 1.99. The van der Waals surface area contributed by atoms with Gasteiger partial charge in [0.15, 0.2) is 0 Å². The maximum absolute atomic E-state index is 10.6. The van der Waals surface area contributed by atoms with Crippen molar-refractivity contribution in [2.45, 2.75) is 39.2 Å². The molecule has 13 heavy (non-hydrogen) atoms. The largest absolute Gasteiger partial charge is 0.375 e. The van der Waals surface area contributed by atoms with Gasteiger partial charge in [0.25, 0.3) is 0 Å². The molecule has 1 fully saturated rings. The van der Waals surface area contributed by atoms with Gasteiger partial charge in [0, 0.05) is 25.5 Å². The minimum Gasteiger partial charge on any atom is -0.375 e. The number of carbonyl (C=O) groups is 1. The molecule has 0 spiro atoms. The third-order valence-electron chi connectivity index (χ3n) is 1.88. The SMILES string of the molecule is CC(=O)N/N=C1/CCOC(C)(C)C1. The van der Waals surface area contributed by atoms with Crippen LogP contribution in [0.3, 0.4) is 0 Å². The lowest BCUT2D eigenvalue weighted by Gasteiger charge is -2.30. The molecule has 1 aliphatic rings. The second-order valence-electron chi connectivity index (χ2n) is 3.88. The number of hydrogen-bond acceptors (Lipinski definition) is 3. The van der Waals surface area contributed by atoms with Crippen molar-refractivity contribution in [2.24, 2.45) is 5.10 Å². The Morgan fingerprint density at radius 3 is 2.85 bits per heavy atom. The Morgan fingerprint density at radius 1 is 1.62 bits per heavy atom. The number of rotatable bonds is 1. The van der Waals surface area contributed by atoms with Gasteiger partial charge < -0.3 is 4.74 Å². The van der Waals surface area contributed by atoms with Crippen LogP contribution in [0.1, 0.15) is 33.6 Å². The summed E-state index contributed by atoms with van der Waals surface area (Å²) < 4.78 is 5.51. The lowest BCUT2D eigenvalue weighted by Crippen LogP contribution is -2.35. The molecule has 0 saturated carbocycles. The van der Waals surface area contributed by atoms with Gasteiger partial charge in [0.1, 0.15) is 0 Å². The molecule has 0 unspecified atom stereocenters. The van der Waals surface area contributed by atoms with Gasteiger partial charge in [-0.05, 0) is 13.8 Å². The van der Waals surface area contributed by atoms with Crippen molar-refractivity contribution in [2.75, 3.05) is 6.61 Å². The summed E-state index contributed by atoms with van der Waals surface area (Å²) in [7, 11) is 0. The highest BCUT2D eigenvalue weighted by atomic mass is 16.5. The van der Waals surface area contributed by atoms with E-state index in [0.29, 0.717) is 6.61 Å². The molecular formula is C9H16N2O2. The smallest absolute Gasteiger partial charge is 0.236 e. The molecule has 0 atom stereocenters. The molecule has 1 N–H and O–H groups in total. The third-order valence-corrected chi connectivity index (χ3v) is 1.88. The van der Waals surface area contributed by atoms with E-state index in [1.54, 1.807) is 0 Å². The van der Waals surface area contributed by atoms with Crippen LogP contribution in [0.5, 0.6) is 0 Å². The zero-order valence-electron chi connectivity index (χ0n) is 8.39. The second-order valence-corrected chi connectivity index (χ2v) is 3.88. The summed E-state index contributed by atoms with van der Waals surface area (Å²) in [6, 6.07) is 0. The summed E-state index contributed by atoms with van der Waals surface area (Å²) >= 11 is 0. The van der Waals surface area contributed by atoms with Crippen LogP contribution in [0.2, 0.25) is 0 Å². The number of hydrazone groups is 1. The number of hydrogen-bond donors (Lipinski definition) is 1. The van der Waals surface area contributed by atoms with Crippen LogP contribution in [-0.4, -0.2) is 23.8 Å². The van der Waals surface area contributed by atoms with E-state index in [9.17, 15) is 4.79 Å². The number of nitrogens with zero attached hydrogens (tertiary/aromatic N) is 1. The van der Waals surface area contributed by atoms with Crippen LogP contribution in [0.4, 0.5) is 0 Å². The zero-order chi connectivity index (χ0) is 9.90. The van der Waals surface area contributed by atoms with Crippen LogP contribution in [-0.2, 0) is 9.53 Å². The van der Waals surface area contributed by atoms with Gasteiger partial charge in [-0.15, -0.1) is 0 Å². The summed E-state index contributed by atoms with van der Waals surface area (Å²) in [6.45, 7) is 6.19. The Kier molecular flexibility index (Phi) is 3.03. The van der Waals surface area contributed by atoms with Gasteiger partial charge in [-0.3, -0.25) is 4.79 Å². The van der Waals surface area contributed by atoms with Gasteiger partial charge in [-0.25, -0.2) is 5.43 Å². The topological polar surface area (TPSA) is 50.7 Å². The molecule has 0 bridgehead atoms. The van der Waals surface area contributed by atoms with Crippen molar-refractivity contribution in [1.29, 1.82) is 0 Å². The molecule has 0 aliphatic carbocycles. The Hall–Kier alpha value is -0.900. The van der Waals surface area contributed by atoms with Crippen LogP contribution in [0.15, 0.2) is 5.10 Å². The average molecular weight is 184 g/mol. The van der Waals surface area contributed by atoms with Crippen molar-refractivity contribution >= 4 is 11.6 Å². The molecule has 1 heterocycles. The Morgan fingerprint density at radius 2 is 2.31 bits per heavy atom. The van der Waals surface area contributed by atoms with Crippen LogP contribution in [0.25, 0.3) is 0 Å². The maximum Gasteiger partial charge on any atom is 0.236 e. The van der Waals surface area contributed by atoms with E-state index in [2.05, 4.69) is 10.5 Å². The molecule has 0 aromatic rings. The molecule has 0 aromatic heterocycles. The minimum absolute atomic E-state index is 0.128. The summed E-state index contributed by atoms with van der Waals surface area (Å²) in [5.74, 6) is -0.128. The van der Waals surface area contributed by atoms with E-state index in [0.717, 1.165) is 18.6 Å². The van der Waals surface area contributed by atoms with E-state index < -0.39 is 0 Å². The van der Waals surface area contributed by atoms with Gasteiger partial charge in [-0.2, -0.15) is 5.10 Å². The molecule has 1 amide bonds. The second kappa shape index (κ2) is 3.87. The highest BCUT2D eigenvalue weighted by Crippen LogP contribution is 2.21. The van der Waals surface area contributed by atoms with Gasteiger partial charge in [-0.1, -0.05) is 0 Å². The predicted molar refractivity (Wildman–Crippen MR) is 50.5 cm³/mol. The summed E-state index contributed by atoms with van der Waals surface area (Å²) in [6.07, 6.45) is 1.59. The molecular weight excluding hydrogens is 168 g/mol. The van der Waals surface area contributed by atoms with E-state index in [1.807, 2.05) is 13.8 Å². The quantitative estimate of drug-likeness (QED) is 0.620. The Bertz CT molecular complexity index is 234. The highest BCUT2D eigenvalue weighted by Gasteiger charge is 2.25. The number of nitrogens with one attached hydrogen (secondary N) is 1. The van der Waals surface area contributed by atoms with Crippen molar-refractivity contribution in [3.05, 3.63) is 0 Å². The van der Waals surface area contributed by atoms with E-state index in [4.69, 9.17) is 4.74 Å². The van der Waals surface area contributed by atoms with Gasteiger partial charge in [0.2, 0.25) is 5.91 Å². The number of carbonyl (C=O) groups excluding carboxylic acids is 1. The normalized spacial score (nSPS) is 24.4. The van der Waals surface area contributed by atoms with Crippen LogP contribution >= 0.6 is 0 Å². The summed E-state index contributed by atoms with van der Waals surface area (Å²) in [4.78, 5) is 10.6. The minimum atomic E-state index is -0.143. The summed E-state index contributed by atoms with van der Waals surface area (Å²) in [5.41, 5.74) is 3.31. The highest BCUT2D eigenvalue weighted by molar-refractivity contribution is 5.87. The lowest BCUT2D eigenvalue weighted by molar-refractivity contribution is -0.119. The van der Waals surface area contributed by atoms with Gasteiger partial charge >= 0.3 is 0 Å². The molecule has 4 heteroatoms. The fourth-order valence-electron chi connectivity index (χ4n) is 1.33. The van der Waals surface area contributed by atoms with Crippen molar-refractivity contribution in [3.63, 3.8) is 0 Å². The maximum atomic E-state index is 10.6. The molecule has 1 saturated heterocycles. The predicted octanol–water partition coefficient (Wildman–Crippen LogP) is 1.07. The van der Waals surface area contributed by atoms with Crippen molar-refractivity contribution < 1.29 is 9.53 Å². The van der Waals surface area contributed by atoms with Crippen molar-refractivity contribution in [1.82, 2.24) is 5.43 Å². The van der Waals surface area contributed by atoms with Crippen molar-refractivity contribution in [3.8, 4) is 0 Å². The standard InChI is InChI=1S/C9H16N2O2/c1-7(12)10-11-8-4-5-13-9(2,3)6-8/h4-6H2,1-3H3,(H,10,12)/b11-8-. The van der Waals surface area contributed by atoms with Crippen LogP contribution in [0, 0.1) is 0 Å². The van der Waals surface area contributed by atoms with Gasteiger partial charge in [0.05, 0.1) is 12.2 Å². The first-order valence-corrected chi connectivity index (χ1v) is 4.45. The van der Waals surface area contributed by atoms with Crippen LogP contribution < -0.4 is 5.43 Å². The number of ether oxygens (including phenoxy) is 1. The fraction of sp³-hybridized carbons (Fsp3) is 0.778. The first kappa shape index (κ1) is 10.2. The first-order chi connectivity index (χ1) is 5.99. The first-order valence-electron chi connectivity index (χ1n) is 4.45. The molecule has 4 nitrogen and oxygen atoms in total. The van der Waals surface area contributed by atoms with E-state index in [-0.39, 0.29) is 11.5 Å². The molecule has 1 aliphatic heterocycles. The fourth-order valence-corrected chi connectivity index (χ4v) is 1.33. The summed E-state index contributed by atoms with van der Waals surface area (Å²) in [5, 5.41) is 4.02. The Balaban J connectivity index is 2.51. The third kappa shape index (κ3) is 3.55. The molecule has 0 radical (unpaired) electrons. The Labute approximate surface area is 78.3 Å². The zero-order valence-corrected chi connectivity index (χ0v) is 8.39. The molecule has 74 valence electrons.